The molecule has 0 spiro atoms. The molecule has 0 aromatic heterocycles. The van der Waals surface area contributed by atoms with Crippen molar-refractivity contribution in [2.75, 3.05) is 6.54 Å². The fraction of sp³-hybridized carbons (Fsp3) is 0.385. The molecule has 104 valence electrons. The minimum absolute atomic E-state index is 0.197. The number of aliphatic hydroxyl groups excluding tert-OH is 2. The smallest absolute Gasteiger partial charge is 0.248 e. The fourth-order valence-corrected chi connectivity index (χ4v) is 1.65. The van der Waals surface area contributed by atoms with Gasteiger partial charge in [-0.05, 0) is 24.1 Å². The summed E-state index contributed by atoms with van der Waals surface area (Å²) in [5, 5.41) is 22.3. The summed E-state index contributed by atoms with van der Waals surface area (Å²) >= 11 is 0. The van der Waals surface area contributed by atoms with Crippen LogP contribution in [0, 0.1) is 0 Å². The summed E-state index contributed by atoms with van der Waals surface area (Å²) in [6, 6.07) is 6.15. The predicted octanol–water partition coefficient (Wildman–Crippen LogP) is -0.294. The number of aliphatic hydroxyl groups is 2. The van der Waals surface area contributed by atoms with E-state index in [1.54, 1.807) is 12.1 Å². The summed E-state index contributed by atoms with van der Waals surface area (Å²) < 4.78 is 0. The maximum Gasteiger partial charge on any atom is 0.248 e. The van der Waals surface area contributed by atoms with Crippen molar-refractivity contribution in [2.45, 2.75) is 25.6 Å². The summed E-state index contributed by atoms with van der Waals surface area (Å²) in [5.74, 6) is -0.792. The zero-order chi connectivity index (χ0) is 14.4. The Hall–Kier alpha value is -1.92. The monoisotopic (exact) mass is 266 g/mol. The molecule has 0 bridgehead atoms. The zero-order valence-electron chi connectivity index (χ0n) is 10.7. The third-order valence-corrected chi connectivity index (χ3v) is 2.69. The van der Waals surface area contributed by atoms with Gasteiger partial charge in [0.05, 0.1) is 6.10 Å². The first kappa shape index (κ1) is 15.1. The van der Waals surface area contributed by atoms with Crippen molar-refractivity contribution in [1.82, 2.24) is 5.32 Å². The standard InChI is InChI=1S/C13H18N2O4/c1-8(16)15-6-5-11(17)12(18)9-3-2-4-10(7-9)13(14)19/h2-4,7,11-12,17-18H,5-6H2,1H3,(H2,14,19)(H,15,16). The van der Waals surface area contributed by atoms with Crippen LogP contribution < -0.4 is 11.1 Å². The number of amides is 2. The Labute approximate surface area is 111 Å². The van der Waals surface area contributed by atoms with E-state index >= 15 is 0 Å². The number of rotatable bonds is 6. The lowest BCUT2D eigenvalue weighted by atomic mass is 10.00. The van der Waals surface area contributed by atoms with Gasteiger partial charge in [-0.3, -0.25) is 9.59 Å². The van der Waals surface area contributed by atoms with Crippen LogP contribution in [0.4, 0.5) is 0 Å². The SMILES string of the molecule is CC(=O)NCCC(O)C(O)c1cccc(C(N)=O)c1. The number of primary amides is 1. The van der Waals surface area contributed by atoms with Crippen molar-refractivity contribution >= 4 is 11.8 Å². The van der Waals surface area contributed by atoms with Crippen molar-refractivity contribution in [3.63, 3.8) is 0 Å². The predicted molar refractivity (Wildman–Crippen MR) is 69.2 cm³/mol. The number of hydrogen-bond acceptors (Lipinski definition) is 4. The first-order valence-corrected chi connectivity index (χ1v) is 5.92. The van der Waals surface area contributed by atoms with Crippen LogP contribution in [0.25, 0.3) is 0 Å². The van der Waals surface area contributed by atoms with Crippen LogP contribution in [0.1, 0.15) is 35.4 Å². The van der Waals surface area contributed by atoms with Gasteiger partial charge in [0.25, 0.3) is 0 Å². The Morgan fingerprint density at radius 2 is 2.05 bits per heavy atom. The quantitative estimate of drug-likeness (QED) is 0.566. The third kappa shape index (κ3) is 4.69. The lowest BCUT2D eigenvalue weighted by Crippen LogP contribution is -2.27. The van der Waals surface area contributed by atoms with Gasteiger partial charge in [0.15, 0.2) is 0 Å². The lowest BCUT2D eigenvalue weighted by molar-refractivity contribution is -0.119. The van der Waals surface area contributed by atoms with E-state index < -0.39 is 18.1 Å². The highest BCUT2D eigenvalue weighted by atomic mass is 16.3. The first-order chi connectivity index (χ1) is 8.91. The Morgan fingerprint density at radius 3 is 2.63 bits per heavy atom. The number of hydrogen-bond donors (Lipinski definition) is 4. The van der Waals surface area contributed by atoms with Crippen LogP contribution in [0.2, 0.25) is 0 Å². The molecule has 6 heteroatoms. The average molecular weight is 266 g/mol. The van der Waals surface area contributed by atoms with Crippen LogP contribution in [0.3, 0.4) is 0 Å². The summed E-state index contributed by atoms with van der Waals surface area (Å²) in [4.78, 5) is 21.7. The zero-order valence-corrected chi connectivity index (χ0v) is 10.7. The van der Waals surface area contributed by atoms with Gasteiger partial charge < -0.3 is 21.3 Å². The number of benzene rings is 1. The van der Waals surface area contributed by atoms with Crippen LogP contribution in [0.15, 0.2) is 24.3 Å². The number of carbonyl (C=O) groups is 2. The van der Waals surface area contributed by atoms with E-state index in [0.717, 1.165) is 0 Å². The number of carbonyl (C=O) groups excluding carboxylic acids is 2. The van der Waals surface area contributed by atoms with E-state index in [-0.39, 0.29) is 24.4 Å². The second-order valence-electron chi connectivity index (χ2n) is 4.27. The molecule has 0 fully saturated rings. The fourth-order valence-electron chi connectivity index (χ4n) is 1.65. The van der Waals surface area contributed by atoms with Crippen molar-refractivity contribution in [3.05, 3.63) is 35.4 Å². The third-order valence-electron chi connectivity index (χ3n) is 2.69. The van der Waals surface area contributed by atoms with E-state index in [1.165, 1.54) is 19.1 Å². The second-order valence-corrected chi connectivity index (χ2v) is 4.27. The molecule has 2 unspecified atom stereocenters. The Morgan fingerprint density at radius 1 is 1.37 bits per heavy atom. The summed E-state index contributed by atoms with van der Waals surface area (Å²) in [6.45, 7) is 1.64. The van der Waals surface area contributed by atoms with Gasteiger partial charge >= 0.3 is 0 Å². The average Bonchev–Trinajstić information content (AvgIpc) is 2.37. The molecule has 0 aliphatic carbocycles. The molecule has 2 amide bonds. The number of nitrogens with two attached hydrogens (primary N) is 1. The van der Waals surface area contributed by atoms with Gasteiger partial charge in [0.1, 0.15) is 6.10 Å². The highest BCUT2D eigenvalue weighted by Crippen LogP contribution is 2.19. The molecular formula is C13H18N2O4. The molecule has 1 aromatic carbocycles. The Balaban J connectivity index is 2.65. The lowest BCUT2D eigenvalue weighted by Gasteiger charge is -2.18. The second kappa shape index (κ2) is 6.86. The molecule has 1 rings (SSSR count). The van der Waals surface area contributed by atoms with Crippen LogP contribution >= 0.6 is 0 Å². The molecule has 0 radical (unpaired) electrons. The van der Waals surface area contributed by atoms with E-state index in [2.05, 4.69) is 5.32 Å². The maximum absolute atomic E-state index is 11.0. The summed E-state index contributed by atoms with van der Waals surface area (Å²) in [7, 11) is 0. The molecule has 0 saturated heterocycles. The van der Waals surface area contributed by atoms with E-state index in [9.17, 15) is 19.8 Å². The molecule has 0 heterocycles. The molecular weight excluding hydrogens is 248 g/mol. The normalized spacial score (nSPS) is 13.6. The molecule has 6 nitrogen and oxygen atoms in total. The first-order valence-electron chi connectivity index (χ1n) is 5.92. The minimum Gasteiger partial charge on any atom is -0.390 e. The topological polar surface area (TPSA) is 113 Å². The van der Waals surface area contributed by atoms with Crippen molar-refractivity contribution in [2.24, 2.45) is 5.73 Å². The van der Waals surface area contributed by atoms with Crippen molar-refractivity contribution in [1.29, 1.82) is 0 Å². The molecule has 19 heavy (non-hydrogen) atoms. The van der Waals surface area contributed by atoms with Gasteiger partial charge in [-0.2, -0.15) is 0 Å². The van der Waals surface area contributed by atoms with Gasteiger partial charge in [0.2, 0.25) is 11.8 Å². The molecule has 2 atom stereocenters. The van der Waals surface area contributed by atoms with E-state index in [0.29, 0.717) is 5.56 Å². The largest absolute Gasteiger partial charge is 0.390 e. The maximum atomic E-state index is 11.0. The van der Waals surface area contributed by atoms with Crippen LogP contribution in [-0.4, -0.2) is 34.7 Å². The van der Waals surface area contributed by atoms with E-state index in [4.69, 9.17) is 5.73 Å². The van der Waals surface area contributed by atoms with Crippen LogP contribution in [-0.2, 0) is 4.79 Å². The van der Waals surface area contributed by atoms with E-state index in [1.807, 2.05) is 0 Å². The molecule has 0 aliphatic heterocycles. The van der Waals surface area contributed by atoms with Crippen molar-refractivity contribution < 1.29 is 19.8 Å². The van der Waals surface area contributed by atoms with Gasteiger partial charge in [-0.1, -0.05) is 12.1 Å². The molecule has 1 aromatic rings. The Bertz CT molecular complexity index is 462. The summed E-state index contributed by atoms with van der Waals surface area (Å²) in [5.41, 5.74) is 5.82. The van der Waals surface area contributed by atoms with Gasteiger partial charge in [-0.25, -0.2) is 0 Å². The van der Waals surface area contributed by atoms with Crippen molar-refractivity contribution in [3.8, 4) is 0 Å². The highest BCUT2D eigenvalue weighted by Gasteiger charge is 2.18. The Kier molecular flexibility index (Phi) is 5.47. The molecule has 5 N–H and O–H groups in total. The summed E-state index contributed by atoms with van der Waals surface area (Å²) in [6.07, 6.45) is -1.95. The molecule has 0 aliphatic rings. The number of nitrogens with one attached hydrogen (secondary N) is 1. The van der Waals surface area contributed by atoms with Gasteiger partial charge in [-0.15, -0.1) is 0 Å². The molecule has 0 saturated carbocycles. The van der Waals surface area contributed by atoms with Gasteiger partial charge in [0, 0.05) is 19.0 Å². The van der Waals surface area contributed by atoms with Crippen LogP contribution in [0.5, 0.6) is 0 Å². The highest BCUT2D eigenvalue weighted by molar-refractivity contribution is 5.92. The minimum atomic E-state index is -1.13.